The van der Waals surface area contributed by atoms with E-state index in [0.29, 0.717) is 58.3 Å². The normalized spacial score (nSPS) is 13.0. The van der Waals surface area contributed by atoms with E-state index in [4.69, 9.17) is 52.1 Å². The summed E-state index contributed by atoms with van der Waals surface area (Å²) >= 11 is 12.6. The number of esters is 2. The number of hydrogen-bond acceptors (Lipinski definition) is 8. The minimum absolute atomic E-state index is 0.127. The molecule has 0 radical (unpaired) electrons. The van der Waals surface area contributed by atoms with Crippen LogP contribution in [0.4, 0.5) is 0 Å². The lowest BCUT2D eigenvalue weighted by Gasteiger charge is -2.31. The number of rotatable bonds is 14. The van der Waals surface area contributed by atoms with Crippen molar-refractivity contribution in [2.45, 2.75) is 32.1 Å². The Labute approximate surface area is 249 Å². The molecule has 2 aromatic carbocycles. The number of fused-ring (bicyclic) bond motifs is 4. The summed E-state index contributed by atoms with van der Waals surface area (Å²) in [5.74, 6) is -0.897. The Kier molecular flexibility index (Phi) is 10.1. The first-order valence-electron chi connectivity index (χ1n) is 13.2. The number of aromatic nitrogens is 2. The molecule has 0 saturated carbocycles. The molecule has 3 aromatic rings. The summed E-state index contributed by atoms with van der Waals surface area (Å²) in [5.41, 5.74) is 5.00. The molecule has 0 unspecified atom stereocenters. The fourth-order valence-electron chi connectivity index (χ4n) is 4.77. The molecular formula is C31H32Cl2N2O6. The first-order chi connectivity index (χ1) is 19.6. The molecule has 4 rings (SSSR count). The fraction of sp³-hybridized carbons (Fsp3) is 0.355. The lowest BCUT2D eigenvalue weighted by atomic mass is 9.75. The summed E-state index contributed by atoms with van der Waals surface area (Å²) in [7, 11) is 0. The molecule has 0 atom stereocenters. The van der Waals surface area contributed by atoms with Gasteiger partial charge in [0.1, 0.15) is 13.2 Å². The van der Waals surface area contributed by atoms with Crippen molar-refractivity contribution in [2.75, 3.05) is 39.6 Å². The van der Waals surface area contributed by atoms with E-state index in [1.54, 1.807) is 26.0 Å². The molecule has 8 nitrogen and oxygen atoms in total. The Morgan fingerprint density at radius 3 is 1.83 bits per heavy atom. The number of nitrogens with zero attached hydrogens (tertiary/aromatic N) is 2. The molecule has 41 heavy (non-hydrogen) atoms. The molecule has 10 heteroatoms. The second-order valence-electron chi connectivity index (χ2n) is 9.86. The Bertz CT molecular complexity index is 1450. The zero-order valence-electron chi connectivity index (χ0n) is 23.1. The monoisotopic (exact) mass is 598 g/mol. The second kappa shape index (κ2) is 13.6. The van der Waals surface area contributed by atoms with E-state index in [2.05, 4.69) is 19.2 Å². The van der Waals surface area contributed by atoms with Gasteiger partial charge >= 0.3 is 11.9 Å². The van der Waals surface area contributed by atoms with Gasteiger partial charge in [-0.15, -0.1) is 0 Å². The number of carbonyl (C=O) groups excluding carboxylic acids is 2. The smallest absolute Gasteiger partial charge is 0.333 e. The van der Waals surface area contributed by atoms with Crippen LogP contribution in [0.3, 0.4) is 0 Å². The van der Waals surface area contributed by atoms with Gasteiger partial charge in [0.05, 0.1) is 45.7 Å². The quantitative estimate of drug-likeness (QED) is 0.122. The second-order valence-corrected chi connectivity index (χ2v) is 10.7. The summed E-state index contributed by atoms with van der Waals surface area (Å²) in [5, 5.41) is 0.808. The number of carbonyl (C=O) groups is 2. The Balaban J connectivity index is 1.58. The highest BCUT2D eigenvalue weighted by Crippen LogP contribution is 2.51. The summed E-state index contributed by atoms with van der Waals surface area (Å²) in [6, 6.07) is 11.5. The highest BCUT2D eigenvalue weighted by Gasteiger charge is 2.45. The van der Waals surface area contributed by atoms with Gasteiger partial charge in [0, 0.05) is 35.3 Å². The Hall–Kier alpha value is -3.30. The average Bonchev–Trinajstić information content (AvgIpc) is 3.20. The van der Waals surface area contributed by atoms with Gasteiger partial charge in [0.2, 0.25) is 0 Å². The molecule has 0 saturated heterocycles. The maximum Gasteiger partial charge on any atom is 0.333 e. The molecular weight excluding hydrogens is 567 g/mol. The predicted octanol–water partition coefficient (Wildman–Crippen LogP) is 6.26. The zero-order chi connectivity index (χ0) is 29.6. The molecule has 1 heterocycles. The highest BCUT2D eigenvalue weighted by atomic mass is 35.5. The lowest BCUT2D eigenvalue weighted by molar-refractivity contribution is -0.141. The van der Waals surface area contributed by atoms with Crippen LogP contribution in [0.1, 0.15) is 37.9 Å². The van der Waals surface area contributed by atoms with Crippen LogP contribution in [0, 0.1) is 0 Å². The van der Waals surface area contributed by atoms with Crippen LogP contribution < -0.4 is 0 Å². The van der Waals surface area contributed by atoms with Crippen molar-refractivity contribution < 1.29 is 28.5 Å². The van der Waals surface area contributed by atoms with Crippen LogP contribution in [0.25, 0.3) is 22.3 Å². The van der Waals surface area contributed by atoms with Crippen LogP contribution in [0.15, 0.2) is 60.7 Å². The van der Waals surface area contributed by atoms with Gasteiger partial charge in [-0.1, -0.05) is 60.6 Å². The molecule has 0 N–H and O–H groups in total. The summed E-state index contributed by atoms with van der Waals surface area (Å²) in [4.78, 5) is 33.4. The molecule has 0 spiro atoms. The summed E-state index contributed by atoms with van der Waals surface area (Å²) < 4.78 is 22.1. The molecule has 0 aliphatic heterocycles. The van der Waals surface area contributed by atoms with E-state index in [1.807, 2.05) is 18.2 Å². The lowest BCUT2D eigenvalue weighted by Crippen LogP contribution is -2.31. The fourth-order valence-corrected chi connectivity index (χ4v) is 5.08. The highest BCUT2D eigenvalue weighted by molar-refractivity contribution is 6.42. The van der Waals surface area contributed by atoms with Gasteiger partial charge in [-0.2, -0.15) is 0 Å². The molecule has 1 aromatic heterocycles. The third-order valence-electron chi connectivity index (χ3n) is 6.82. The van der Waals surface area contributed by atoms with E-state index in [-0.39, 0.29) is 26.4 Å². The van der Waals surface area contributed by atoms with Gasteiger partial charge in [-0.3, -0.25) is 0 Å². The van der Waals surface area contributed by atoms with Crippen LogP contribution in [-0.2, 0) is 34.0 Å². The number of benzene rings is 2. The standard InChI is InChI=1S/C31H32Cl2N2O6/c1-19(2)29(36)40-15-13-38-11-9-31(10-12-39-14-16-41-30(37)20(3)4)22-8-6-5-7-21(22)27-28(31)35-26-18-24(33)23(32)17-25(26)34-27/h5-8,17-18H,1,3,9-16H2,2,4H3. The number of hydrogen-bond donors (Lipinski definition) is 0. The largest absolute Gasteiger partial charge is 0.460 e. The number of halogens is 2. The van der Waals surface area contributed by atoms with Gasteiger partial charge in [0.25, 0.3) is 0 Å². The minimum atomic E-state index is -0.581. The van der Waals surface area contributed by atoms with Crippen LogP contribution in [-0.4, -0.2) is 61.5 Å². The molecule has 0 bridgehead atoms. The Morgan fingerprint density at radius 1 is 0.780 bits per heavy atom. The van der Waals surface area contributed by atoms with Gasteiger partial charge < -0.3 is 18.9 Å². The molecule has 0 amide bonds. The first kappa shape index (κ1) is 30.7. The predicted molar refractivity (Wildman–Crippen MR) is 158 cm³/mol. The van der Waals surface area contributed by atoms with Crippen molar-refractivity contribution in [3.8, 4) is 11.3 Å². The third kappa shape index (κ3) is 6.96. The van der Waals surface area contributed by atoms with Crippen molar-refractivity contribution in [3.63, 3.8) is 0 Å². The first-order valence-corrected chi connectivity index (χ1v) is 14.0. The van der Waals surface area contributed by atoms with Crippen LogP contribution >= 0.6 is 23.2 Å². The summed E-state index contributed by atoms with van der Waals surface area (Å²) in [6.07, 6.45) is 1.14. The van der Waals surface area contributed by atoms with Crippen molar-refractivity contribution in [3.05, 3.63) is 82.0 Å². The average molecular weight is 600 g/mol. The van der Waals surface area contributed by atoms with Crippen molar-refractivity contribution >= 4 is 46.2 Å². The van der Waals surface area contributed by atoms with E-state index < -0.39 is 17.4 Å². The minimum Gasteiger partial charge on any atom is -0.460 e. The third-order valence-corrected chi connectivity index (χ3v) is 7.54. The van der Waals surface area contributed by atoms with E-state index in [0.717, 1.165) is 22.5 Å². The maximum absolute atomic E-state index is 11.7. The van der Waals surface area contributed by atoms with Gasteiger partial charge in [-0.05, 0) is 44.4 Å². The molecule has 1 aliphatic carbocycles. The zero-order valence-corrected chi connectivity index (χ0v) is 24.6. The SMILES string of the molecule is C=C(C)C(=O)OCCOCCC1(CCOCCOC(=O)C(=C)C)c2ccccc2-c2nc3cc(Cl)c(Cl)cc3nc21. The van der Waals surface area contributed by atoms with Crippen molar-refractivity contribution in [2.24, 2.45) is 0 Å². The topological polar surface area (TPSA) is 96.8 Å². The molecule has 216 valence electrons. The van der Waals surface area contributed by atoms with E-state index in [1.165, 1.54) is 0 Å². The number of ether oxygens (including phenoxy) is 4. The maximum atomic E-state index is 11.7. The van der Waals surface area contributed by atoms with Gasteiger partial charge in [0.15, 0.2) is 0 Å². The molecule has 1 aliphatic rings. The van der Waals surface area contributed by atoms with Gasteiger partial charge in [-0.25, -0.2) is 19.6 Å². The Morgan fingerprint density at radius 2 is 1.29 bits per heavy atom. The van der Waals surface area contributed by atoms with E-state index in [9.17, 15) is 9.59 Å². The molecule has 0 fully saturated rings. The van der Waals surface area contributed by atoms with Crippen molar-refractivity contribution in [1.29, 1.82) is 0 Å². The van der Waals surface area contributed by atoms with Crippen LogP contribution in [0.5, 0.6) is 0 Å². The van der Waals surface area contributed by atoms with Crippen LogP contribution in [0.2, 0.25) is 10.0 Å². The van der Waals surface area contributed by atoms with Crippen molar-refractivity contribution in [1.82, 2.24) is 9.97 Å². The summed E-state index contributed by atoms with van der Waals surface area (Å²) in [6.45, 7) is 11.8. The van der Waals surface area contributed by atoms with E-state index >= 15 is 0 Å².